The normalized spacial score (nSPS) is 10.3. The maximum Gasteiger partial charge on any atom is 0.369 e. The molecule has 1 N–H and O–H groups in total. The predicted molar refractivity (Wildman–Crippen MR) is 66.5 cm³/mol. The van der Waals surface area contributed by atoms with Gasteiger partial charge in [0.1, 0.15) is 6.07 Å². The molecule has 1 aromatic rings. The molecule has 19 heavy (non-hydrogen) atoms. The maximum atomic E-state index is 11.5. The smallest absolute Gasteiger partial charge is 0.369 e. The number of para-hydroxylation sites is 1. The Kier molecular flexibility index (Phi) is 5.04. The number of carbonyl (C=O) groups excluding carboxylic acids is 2. The molecule has 0 aliphatic heterocycles. The predicted octanol–water partition coefficient (Wildman–Crippen LogP) is 0.938. The Labute approximate surface area is 109 Å². The first-order chi connectivity index (χ1) is 9.13. The summed E-state index contributed by atoms with van der Waals surface area (Å²) in [6.07, 6.45) is 0. The van der Waals surface area contributed by atoms with Crippen LogP contribution in [0, 0.1) is 11.3 Å². The molecule has 0 unspecified atom stereocenters. The number of nitrogens with zero attached hydrogens (tertiary/aromatic N) is 2. The number of methoxy groups -OCH3 is 2. The first kappa shape index (κ1) is 14.2. The number of anilines is 1. The first-order valence-corrected chi connectivity index (χ1v) is 5.13. The molecule has 7 nitrogen and oxygen atoms in total. The van der Waals surface area contributed by atoms with E-state index >= 15 is 0 Å². The molecule has 0 aliphatic carbocycles. The van der Waals surface area contributed by atoms with Crippen LogP contribution in [0.25, 0.3) is 0 Å². The van der Waals surface area contributed by atoms with Crippen LogP contribution in [0.4, 0.5) is 5.69 Å². The molecule has 7 heteroatoms. The largest absolute Gasteiger partial charge is 0.465 e. The Morgan fingerprint density at radius 1 is 1.26 bits per heavy atom. The Bertz CT molecular complexity index is 560. The van der Waals surface area contributed by atoms with Gasteiger partial charge in [-0.3, -0.25) is 5.43 Å². The average Bonchev–Trinajstić information content (AvgIpc) is 2.47. The van der Waals surface area contributed by atoms with Crippen molar-refractivity contribution in [3.63, 3.8) is 0 Å². The molecule has 0 aliphatic rings. The molecule has 98 valence electrons. The number of nitrogens with one attached hydrogen (secondary N) is 1. The summed E-state index contributed by atoms with van der Waals surface area (Å²) in [7, 11) is 2.38. The molecule has 0 heterocycles. The van der Waals surface area contributed by atoms with Crippen LogP contribution in [0.1, 0.15) is 10.4 Å². The van der Waals surface area contributed by atoms with Crippen molar-refractivity contribution in [2.75, 3.05) is 19.6 Å². The summed E-state index contributed by atoms with van der Waals surface area (Å²) in [5, 5.41) is 12.3. The standard InChI is InChI=1S/C12H11N3O4/c1-18-11(16)8-5-3-4-6-9(8)14-15-10(7-13)12(17)19-2/h3-6,14H,1-2H3. The molecule has 0 saturated carbocycles. The summed E-state index contributed by atoms with van der Waals surface area (Å²) in [6.45, 7) is 0. The van der Waals surface area contributed by atoms with Crippen LogP contribution < -0.4 is 5.43 Å². The van der Waals surface area contributed by atoms with Gasteiger partial charge in [0.25, 0.3) is 0 Å². The van der Waals surface area contributed by atoms with Crippen molar-refractivity contribution in [2.24, 2.45) is 5.10 Å². The zero-order valence-corrected chi connectivity index (χ0v) is 10.3. The fourth-order valence-electron chi connectivity index (χ4n) is 1.20. The van der Waals surface area contributed by atoms with Crippen molar-refractivity contribution in [2.45, 2.75) is 0 Å². The first-order valence-electron chi connectivity index (χ1n) is 5.13. The van der Waals surface area contributed by atoms with Crippen molar-refractivity contribution < 1.29 is 19.1 Å². The fraction of sp³-hybridized carbons (Fsp3) is 0.167. The van der Waals surface area contributed by atoms with Gasteiger partial charge in [-0.15, -0.1) is 0 Å². The lowest BCUT2D eigenvalue weighted by Gasteiger charge is -2.06. The number of rotatable bonds is 4. The summed E-state index contributed by atoms with van der Waals surface area (Å²) in [5.41, 5.74) is 2.55. The SMILES string of the molecule is COC(=O)C(C#N)=NNc1ccccc1C(=O)OC. The number of ether oxygens (including phenoxy) is 2. The average molecular weight is 261 g/mol. The van der Waals surface area contributed by atoms with Gasteiger partial charge in [-0.05, 0) is 12.1 Å². The van der Waals surface area contributed by atoms with E-state index in [0.717, 1.165) is 7.11 Å². The number of carbonyl (C=O) groups is 2. The Morgan fingerprint density at radius 2 is 1.95 bits per heavy atom. The second-order valence-electron chi connectivity index (χ2n) is 3.21. The van der Waals surface area contributed by atoms with Crippen molar-refractivity contribution >= 4 is 23.3 Å². The summed E-state index contributed by atoms with van der Waals surface area (Å²) >= 11 is 0. The highest BCUT2D eigenvalue weighted by Gasteiger charge is 2.13. The van der Waals surface area contributed by atoms with Gasteiger partial charge in [0.15, 0.2) is 0 Å². The van der Waals surface area contributed by atoms with Gasteiger partial charge in [-0.2, -0.15) is 10.4 Å². The van der Waals surface area contributed by atoms with Gasteiger partial charge in [0.2, 0.25) is 5.71 Å². The summed E-state index contributed by atoms with van der Waals surface area (Å²) in [6, 6.07) is 7.97. The molecule has 0 aromatic heterocycles. The minimum atomic E-state index is -0.870. The highest BCUT2D eigenvalue weighted by atomic mass is 16.5. The third-order valence-electron chi connectivity index (χ3n) is 2.11. The van der Waals surface area contributed by atoms with E-state index in [1.165, 1.54) is 13.2 Å². The van der Waals surface area contributed by atoms with Crippen LogP contribution in [0.2, 0.25) is 0 Å². The fourth-order valence-corrected chi connectivity index (χ4v) is 1.20. The molecule has 0 spiro atoms. The van der Waals surface area contributed by atoms with Crippen LogP contribution in [-0.4, -0.2) is 31.9 Å². The number of hydrazone groups is 1. The summed E-state index contributed by atoms with van der Waals surface area (Å²) < 4.78 is 8.96. The molecule has 0 atom stereocenters. The van der Waals surface area contributed by atoms with Gasteiger partial charge in [0, 0.05) is 0 Å². The Morgan fingerprint density at radius 3 is 2.53 bits per heavy atom. The van der Waals surface area contributed by atoms with Crippen molar-refractivity contribution in [1.82, 2.24) is 0 Å². The summed E-state index contributed by atoms with van der Waals surface area (Å²) in [5.74, 6) is -1.43. The van der Waals surface area contributed by atoms with Gasteiger partial charge in [-0.25, -0.2) is 9.59 Å². The van der Waals surface area contributed by atoms with E-state index in [4.69, 9.17) is 5.26 Å². The molecular weight excluding hydrogens is 250 g/mol. The third kappa shape index (κ3) is 3.54. The topological polar surface area (TPSA) is 101 Å². The third-order valence-corrected chi connectivity index (χ3v) is 2.11. The highest BCUT2D eigenvalue weighted by Crippen LogP contribution is 2.15. The van der Waals surface area contributed by atoms with Gasteiger partial charge >= 0.3 is 11.9 Å². The highest BCUT2D eigenvalue weighted by molar-refractivity contribution is 6.43. The van der Waals surface area contributed by atoms with Gasteiger partial charge in [0.05, 0.1) is 25.5 Å². The molecule has 0 bridgehead atoms. The van der Waals surface area contributed by atoms with E-state index < -0.39 is 17.7 Å². The van der Waals surface area contributed by atoms with E-state index in [9.17, 15) is 9.59 Å². The Hall–Kier alpha value is -2.88. The number of benzene rings is 1. The molecule has 1 rings (SSSR count). The number of hydrogen-bond acceptors (Lipinski definition) is 7. The lowest BCUT2D eigenvalue weighted by molar-refractivity contribution is -0.132. The molecule has 0 saturated heterocycles. The van der Waals surface area contributed by atoms with Crippen LogP contribution in [0.15, 0.2) is 29.4 Å². The van der Waals surface area contributed by atoms with Crippen LogP contribution in [-0.2, 0) is 14.3 Å². The van der Waals surface area contributed by atoms with Crippen molar-refractivity contribution in [3.8, 4) is 6.07 Å². The number of hydrogen-bond donors (Lipinski definition) is 1. The van der Waals surface area contributed by atoms with E-state index in [1.807, 2.05) is 0 Å². The molecule has 0 radical (unpaired) electrons. The number of esters is 2. The molecule has 0 fully saturated rings. The maximum absolute atomic E-state index is 11.5. The van der Waals surface area contributed by atoms with Gasteiger partial charge in [-0.1, -0.05) is 12.1 Å². The lowest BCUT2D eigenvalue weighted by atomic mass is 10.2. The lowest BCUT2D eigenvalue weighted by Crippen LogP contribution is -2.16. The number of nitriles is 1. The van der Waals surface area contributed by atoms with E-state index in [-0.39, 0.29) is 5.56 Å². The van der Waals surface area contributed by atoms with E-state index in [0.29, 0.717) is 5.69 Å². The zero-order valence-electron chi connectivity index (χ0n) is 10.3. The second-order valence-corrected chi connectivity index (χ2v) is 3.21. The minimum Gasteiger partial charge on any atom is -0.465 e. The summed E-state index contributed by atoms with van der Waals surface area (Å²) in [4.78, 5) is 22.6. The van der Waals surface area contributed by atoms with Crippen LogP contribution >= 0.6 is 0 Å². The minimum absolute atomic E-state index is 0.232. The Balaban J connectivity index is 3.01. The molecular formula is C12H11N3O4. The van der Waals surface area contributed by atoms with E-state index in [1.54, 1.807) is 24.3 Å². The zero-order chi connectivity index (χ0) is 14.3. The van der Waals surface area contributed by atoms with Crippen molar-refractivity contribution in [1.29, 1.82) is 5.26 Å². The van der Waals surface area contributed by atoms with Gasteiger partial charge < -0.3 is 9.47 Å². The van der Waals surface area contributed by atoms with Crippen LogP contribution in [0.3, 0.4) is 0 Å². The van der Waals surface area contributed by atoms with Crippen LogP contribution in [0.5, 0.6) is 0 Å². The monoisotopic (exact) mass is 261 g/mol. The molecule has 1 aromatic carbocycles. The van der Waals surface area contributed by atoms with E-state index in [2.05, 4.69) is 20.0 Å². The molecule has 0 amide bonds. The van der Waals surface area contributed by atoms with Crippen molar-refractivity contribution in [3.05, 3.63) is 29.8 Å². The second kappa shape index (κ2) is 6.76. The quantitative estimate of drug-likeness (QED) is 0.491.